The number of nitrogens with two attached hydrogens (primary N) is 1. The fraction of sp³-hybridized carbons (Fsp3) is 0.438. The zero-order valence-electron chi connectivity index (χ0n) is 11.9. The molecule has 1 aromatic heterocycles. The van der Waals surface area contributed by atoms with Crippen molar-refractivity contribution in [2.75, 3.05) is 0 Å². The quantitative estimate of drug-likeness (QED) is 0.891. The van der Waals surface area contributed by atoms with Gasteiger partial charge in [-0.25, -0.2) is 4.98 Å². The molecule has 0 spiro atoms. The summed E-state index contributed by atoms with van der Waals surface area (Å²) in [6, 6.07) is 10.5. The van der Waals surface area contributed by atoms with Gasteiger partial charge in [0.05, 0.1) is 10.7 Å². The number of thiazole rings is 1. The van der Waals surface area contributed by atoms with Crippen molar-refractivity contribution in [1.82, 2.24) is 4.98 Å². The van der Waals surface area contributed by atoms with Crippen LogP contribution in [0.1, 0.15) is 32.2 Å². The predicted molar refractivity (Wildman–Crippen MR) is 83.3 cm³/mol. The Bertz CT molecular complexity index is 517. The molecule has 0 bridgehead atoms. The Morgan fingerprint density at radius 3 is 2.58 bits per heavy atom. The lowest BCUT2D eigenvalue weighted by Crippen LogP contribution is -2.38. The Morgan fingerprint density at radius 2 is 1.95 bits per heavy atom. The van der Waals surface area contributed by atoms with E-state index in [-0.39, 0.29) is 11.5 Å². The normalized spacial score (nSPS) is 13.5. The van der Waals surface area contributed by atoms with Crippen LogP contribution in [0.15, 0.2) is 35.7 Å². The number of hydrogen-bond donors (Lipinski definition) is 1. The molecule has 102 valence electrons. The van der Waals surface area contributed by atoms with Crippen LogP contribution < -0.4 is 5.73 Å². The molecule has 1 unspecified atom stereocenters. The van der Waals surface area contributed by atoms with E-state index in [0.717, 1.165) is 23.5 Å². The summed E-state index contributed by atoms with van der Waals surface area (Å²) in [5.74, 6) is 0. The maximum atomic E-state index is 6.31. The van der Waals surface area contributed by atoms with Crippen molar-refractivity contribution < 1.29 is 0 Å². The lowest BCUT2D eigenvalue weighted by Gasteiger charge is -2.29. The van der Waals surface area contributed by atoms with Crippen molar-refractivity contribution in [2.24, 2.45) is 11.1 Å². The van der Waals surface area contributed by atoms with Crippen molar-refractivity contribution in [3.05, 3.63) is 40.7 Å². The number of nitrogens with zero attached hydrogens (tertiary/aromatic N) is 1. The van der Waals surface area contributed by atoms with Gasteiger partial charge in [-0.1, -0.05) is 51.1 Å². The van der Waals surface area contributed by atoms with Crippen LogP contribution in [0.2, 0.25) is 0 Å². The maximum absolute atomic E-state index is 6.31. The van der Waals surface area contributed by atoms with E-state index >= 15 is 0 Å². The first-order valence-corrected chi connectivity index (χ1v) is 7.66. The SMILES string of the molecule is CCC(C)(C)C(N)Cc1nc(-c2ccccc2)cs1. The Morgan fingerprint density at radius 1 is 1.26 bits per heavy atom. The van der Waals surface area contributed by atoms with Gasteiger partial charge in [0.15, 0.2) is 0 Å². The van der Waals surface area contributed by atoms with E-state index in [1.54, 1.807) is 11.3 Å². The zero-order valence-corrected chi connectivity index (χ0v) is 12.7. The summed E-state index contributed by atoms with van der Waals surface area (Å²) in [6.07, 6.45) is 1.95. The Hall–Kier alpha value is -1.19. The van der Waals surface area contributed by atoms with Crippen molar-refractivity contribution in [2.45, 2.75) is 39.7 Å². The van der Waals surface area contributed by atoms with Crippen molar-refractivity contribution in [1.29, 1.82) is 0 Å². The topological polar surface area (TPSA) is 38.9 Å². The summed E-state index contributed by atoms with van der Waals surface area (Å²) >= 11 is 1.71. The van der Waals surface area contributed by atoms with Gasteiger partial charge in [0.2, 0.25) is 0 Å². The molecular weight excluding hydrogens is 252 g/mol. The summed E-state index contributed by atoms with van der Waals surface area (Å²) in [4.78, 5) is 4.71. The van der Waals surface area contributed by atoms with Crippen LogP contribution in [0.4, 0.5) is 0 Å². The van der Waals surface area contributed by atoms with Gasteiger partial charge in [0.25, 0.3) is 0 Å². The predicted octanol–water partition coefficient (Wildman–Crippen LogP) is 4.12. The van der Waals surface area contributed by atoms with E-state index in [1.165, 1.54) is 5.56 Å². The molecule has 0 aliphatic rings. The van der Waals surface area contributed by atoms with Crippen LogP contribution in [-0.4, -0.2) is 11.0 Å². The lowest BCUT2D eigenvalue weighted by molar-refractivity contribution is 0.272. The first kappa shape index (κ1) is 14.2. The van der Waals surface area contributed by atoms with E-state index < -0.39 is 0 Å². The second-order valence-electron chi connectivity index (χ2n) is 5.65. The van der Waals surface area contributed by atoms with Gasteiger partial charge in [0, 0.05) is 23.4 Å². The van der Waals surface area contributed by atoms with Crippen molar-refractivity contribution >= 4 is 11.3 Å². The molecular formula is C16H22N2S. The molecule has 3 heteroatoms. The minimum Gasteiger partial charge on any atom is -0.327 e. The molecule has 1 atom stereocenters. The molecule has 2 aromatic rings. The van der Waals surface area contributed by atoms with Gasteiger partial charge >= 0.3 is 0 Å². The second-order valence-corrected chi connectivity index (χ2v) is 6.59. The fourth-order valence-electron chi connectivity index (χ4n) is 1.87. The molecule has 0 saturated carbocycles. The van der Waals surface area contributed by atoms with E-state index in [2.05, 4.69) is 38.3 Å². The highest BCUT2D eigenvalue weighted by atomic mass is 32.1. The third kappa shape index (κ3) is 3.43. The van der Waals surface area contributed by atoms with Crippen molar-refractivity contribution in [3.8, 4) is 11.3 Å². The molecule has 1 aromatic carbocycles. The maximum Gasteiger partial charge on any atom is 0.0948 e. The minimum absolute atomic E-state index is 0.160. The van der Waals surface area contributed by atoms with Crippen molar-refractivity contribution in [3.63, 3.8) is 0 Å². The van der Waals surface area contributed by atoms with E-state index in [9.17, 15) is 0 Å². The van der Waals surface area contributed by atoms with E-state index in [0.29, 0.717) is 0 Å². The molecule has 2 rings (SSSR count). The first-order valence-electron chi connectivity index (χ1n) is 6.78. The van der Waals surface area contributed by atoms with Crippen LogP contribution in [0.25, 0.3) is 11.3 Å². The molecule has 2 nitrogen and oxygen atoms in total. The largest absolute Gasteiger partial charge is 0.327 e. The van der Waals surface area contributed by atoms with Crippen LogP contribution in [0, 0.1) is 5.41 Å². The van der Waals surface area contributed by atoms with Gasteiger partial charge in [-0.2, -0.15) is 0 Å². The summed E-state index contributed by atoms with van der Waals surface area (Å²) in [6.45, 7) is 6.64. The van der Waals surface area contributed by atoms with Crippen LogP contribution in [0.3, 0.4) is 0 Å². The molecule has 0 fully saturated rings. The Balaban J connectivity index is 2.10. The molecule has 2 N–H and O–H groups in total. The van der Waals surface area contributed by atoms with Crippen LogP contribution >= 0.6 is 11.3 Å². The van der Waals surface area contributed by atoms with Crippen LogP contribution in [-0.2, 0) is 6.42 Å². The summed E-state index contributed by atoms with van der Waals surface area (Å²) in [5, 5.41) is 3.25. The van der Waals surface area contributed by atoms with E-state index in [4.69, 9.17) is 10.7 Å². The highest BCUT2D eigenvalue weighted by Crippen LogP contribution is 2.28. The van der Waals surface area contributed by atoms with Crippen LogP contribution in [0.5, 0.6) is 0 Å². The molecule has 0 aliphatic heterocycles. The lowest BCUT2D eigenvalue weighted by atomic mass is 9.81. The van der Waals surface area contributed by atoms with E-state index in [1.807, 2.05) is 18.2 Å². The third-order valence-corrected chi connectivity index (χ3v) is 4.80. The monoisotopic (exact) mass is 274 g/mol. The summed E-state index contributed by atoms with van der Waals surface area (Å²) in [5.41, 5.74) is 8.71. The molecule has 19 heavy (non-hydrogen) atoms. The number of benzene rings is 1. The number of aromatic nitrogens is 1. The smallest absolute Gasteiger partial charge is 0.0948 e. The zero-order chi connectivity index (χ0) is 13.9. The second kappa shape index (κ2) is 5.85. The highest BCUT2D eigenvalue weighted by molar-refractivity contribution is 7.09. The fourth-order valence-corrected chi connectivity index (χ4v) is 2.74. The number of rotatable bonds is 5. The van der Waals surface area contributed by atoms with Gasteiger partial charge in [0.1, 0.15) is 0 Å². The average Bonchev–Trinajstić information content (AvgIpc) is 2.88. The van der Waals surface area contributed by atoms with Gasteiger partial charge in [-0.3, -0.25) is 0 Å². The summed E-state index contributed by atoms with van der Waals surface area (Å²) < 4.78 is 0. The molecule has 0 saturated heterocycles. The molecule has 0 radical (unpaired) electrons. The van der Waals surface area contributed by atoms with Gasteiger partial charge in [-0.05, 0) is 11.8 Å². The van der Waals surface area contributed by atoms with Gasteiger partial charge in [-0.15, -0.1) is 11.3 Å². The summed E-state index contributed by atoms with van der Waals surface area (Å²) in [7, 11) is 0. The number of hydrogen-bond acceptors (Lipinski definition) is 3. The first-order chi connectivity index (χ1) is 9.03. The Labute approximate surface area is 119 Å². The Kier molecular flexibility index (Phi) is 4.38. The molecule has 1 heterocycles. The minimum atomic E-state index is 0.160. The molecule has 0 aliphatic carbocycles. The average molecular weight is 274 g/mol. The molecule has 0 amide bonds. The third-order valence-electron chi connectivity index (χ3n) is 3.93. The standard InChI is InChI=1S/C16H22N2S/c1-4-16(2,3)14(17)10-15-18-13(11-19-15)12-8-6-5-7-9-12/h5-9,11,14H,4,10,17H2,1-3H3. The highest BCUT2D eigenvalue weighted by Gasteiger charge is 2.25. The van der Waals surface area contributed by atoms with Gasteiger partial charge < -0.3 is 5.73 Å².